The number of anilines is 1. The highest BCUT2D eigenvalue weighted by Gasteiger charge is 2.20. The van der Waals surface area contributed by atoms with Crippen LogP contribution in [-0.2, 0) is 11.3 Å². The molecule has 1 aliphatic heterocycles. The molecule has 1 heterocycles. The summed E-state index contributed by atoms with van der Waals surface area (Å²) in [5, 5.41) is 5.47. The Morgan fingerprint density at radius 3 is 2.83 bits per heavy atom. The van der Waals surface area contributed by atoms with Gasteiger partial charge in [-0.25, -0.2) is 4.79 Å². The van der Waals surface area contributed by atoms with Crippen molar-refractivity contribution in [3.8, 4) is 5.75 Å². The van der Waals surface area contributed by atoms with Crippen LogP contribution in [0.15, 0.2) is 18.2 Å². The van der Waals surface area contributed by atoms with Gasteiger partial charge in [0.2, 0.25) is 5.91 Å². The fourth-order valence-electron chi connectivity index (χ4n) is 2.50. The minimum atomic E-state index is -0.241. The highest BCUT2D eigenvalue weighted by Crippen LogP contribution is 2.27. The van der Waals surface area contributed by atoms with Crippen molar-refractivity contribution in [3.63, 3.8) is 0 Å². The Hall–Kier alpha value is -2.24. The zero-order valence-electron chi connectivity index (χ0n) is 14.0. The van der Waals surface area contributed by atoms with Crippen LogP contribution in [0.5, 0.6) is 5.75 Å². The van der Waals surface area contributed by atoms with Crippen LogP contribution in [0.1, 0.15) is 32.8 Å². The predicted molar refractivity (Wildman–Crippen MR) is 89.5 cm³/mol. The van der Waals surface area contributed by atoms with E-state index in [4.69, 9.17) is 4.74 Å². The molecule has 0 bridgehead atoms. The van der Waals surface area contributed by atoms with Crippen LogP contribution in [0.3, 0.4) is 0 Å². The van der Waals surface area contributed by atoms with Gasteiger partial charge in [-0.3, -0.25) is 4.79 Å². The maximum atomic E-state index is 12.3. The van der Waals surface area contributed by atoms with Gasteiger partial charge in [-0.05, 0) is 31.0 Å². The third kappa shape index (κ3) is 4.87. The van der Waals surface area contributed by atoms with Crippen LogP contribution in [0, 0.1) is 5.92 Å². The van der Waals surface area contributed by atoms with Gasteiger partial charge >= 0.3 is 6.03 Å². The number of carbonyl (C=O) groups excluding carboxylic acids is 2. The fraction of sp³-hybridized carbons (Fsp3) is 0.529. The highest BCUT2D eigenvalue weighted by atomic mass is 16.5. The lowest BCUT2D eigenvalue weighted by atomic mass is 10.1. The molecule has 126 valence electrons. The van der Waals surface area contributed by atoms with E-state index in [9.17, 15) is 9.59 Å². The standard InChI is InChI=1S/C17H25N3O3/c1-4-18-17(22)19-14-5-6-15-13(10-14)11-20(7-8-23-15)16(21)9-12(2)3/h5-6,10,12H,4,7-9,11H2,1-3H3,(H2,18,19,22). The number of carbonyl (C=O) groups is 2. The first-order valence-corrected chi connectivity index (χ1v) is 8.08. The smallest absolute Gasteiger partial charge is 0.319 e. The lowest BCUT2D eigenvalue weighted by Crippen LogP contribution is -2.33. The third-order valence-corrected chi connectivity index (χ3v) is 3.57. The molecule has 0 atom stereocenters. The number of rotatable bonds is 4. The topological polar surface area (TPSA) is 70.7 Å². The van der Waals surface area contributed by atoms with Gasteiger partial charge in [0.25, 0.3) is 0 Å². The summed E-state index contributed by atoms with van der Waals surface area (Å²) in [4.78, 5) is 25.8. The number of amides is 3. The maximum absolute atomic E-state index is 12.3. The normalized spacial score (nSPS) is 13.8. The van der Waals surface area contributed by atoms with E-state index in [1.165, 1.54) is 0 Å². The number of fused-ring (bicyclic) bond motifs is 1. The molecule has 0 spiro atoms. The van der Waals surface area contributed by atoms with Crippen molar-refractivity contribution in [1.82, 2.24) is 10.2 Å². The molecule has 23 heavy (non-hydrogen) atoms. The molecule has 0 fully saturated rings. The molecule has 0 radical (unpaired) electrons. The lowest BCUT2D eigenvalue weighted by Gasteiger charge is -2.21. The van der Waals surface area contributed by atoms with E-state index < -0.39 is 0 Å². The SMILES string of the molecule is CCNC(=O)Nc1ccc2c(c1)CN(C(=O)CC(C)C)CCO2. The number of urea groups is 1. The molecule has 2 rings (SSSR count). The molecule has 1 aliphatic rings. The number of hydrogen-bond acceptors (Lipinski definition) is 3. The number of nitrogens with zero attached hydrogens (tertiary/aromatic N) is 1. The molecule has 6 nitrogen and oxygen atoms in total. The summed E-state index contributed by atoms with van der Waals surface area (Å²) in [6, 6.07) is 5.27. The molecule has 0 aliphatic carbocycles. The van der Waals surface area contributed by atoms with E-state index in [2.05, 4.69) is 10.6 Å². The Balaban J connectivity index is 2.12. The van der Waals surface area contributed by atoms with Crippen LogP contribution < -0.4 is 15.4 Å². The predicted octanol–water partition coefficient (Wildman–Crippen LogP) is 2.60. The van der Waals surface area contributed by atoms with E-state index in [-0.39, 0.29) is 11.9 Å². The van der Waals surface area contributed by atoms with E-state index in [0.29, 0.717) is 44.3 Å². The van der Waals surface area contributed by atoms with E-state index in [1.807, 2.05) is 37.8 Å². The molecule has 0 unspecified atom stereocenters. The summed E-state index contributed by atoms with van der Waals surface area (Å²) in [5.74, 6) is 1.24. The number of nitrogens with one attached hydrogen (secondary N) is 2. The summed E-state index contributed by atoms with van der Waals surface area (Å²) in [5.41, 5.74) is 1.60. The molecule has 0 saturated carbocycles. The van der Waals surface area contributed by atoms with Crippen molar-refractivity contribution in [3.05, 3.63) is 23.8 Å². The van der Waals surface area contributed by atoms with Crippen LogP contribution in [0.25, 0.3) is 0 Å². The summed E-state index contributed by atoms with van der Waals surface area (Å²) in [7, 11) is 0. The molecular weight excluding hydrogens is 294 g/mol. The second kappa shape index (κ2) is 7.85. The first-order chi connectivity index (χ1) is 11.0. The van der Waals surface area contributed by atoms with Gasteiger partial charge < -0.3 is 20.3 Å². The van der Waals surface area contributed by atoms with Gasteiger partial charge in [-0.2, -0.15) is 0 Å². The third-order valence-electron chi connectivity index (χ3n) is 3.57. The first kappa shape index (κ1) is 17.1. The zero-order valence-corrected chi connectivity index (χ0v) is 14.0. The molecule has 3 amide bonds. The number of benzene rings is 1. The zero-order chi connectivity index (χ0) is 16.8. The second-order valence-corrected chi connectivity index (χ2v) is 6.07. The minimum Gasteiger partial charge on any atom is -0.491 e. The quantitative estimate of drug-likeness (QED) is 0.896. The average molecular weight is 319 g/mol. The minimum absolute atomic E-state index is 0.138. The van der Waals surface area contributed by atoms with Crippen molar-refractivity contribution in [2.45, 2.75) is 33.7 Å². The van der Waals surface area contributed by atoms with Crippen LogP contribution in [0.4, 0.5) is 10.5 Å². The van der Waals surface area contributed by atoms with Gasteiger partial charge in [-0.15, -0.1) is 0 Å². The average Bonchev–Trinajstić information content (AvgIpc) is 2.68. The van der Waals surface area contributed by atoms with Gasteiger partial charge in [0, 0.05) is 30.8 Å². The molecule has 1 aromatic carbocycles. The van der Waals surface area contributed by atoms with Crippen LogP contribution in [0.2, 0.25) is 0 Å². The van der Waals surface area contributed by atoms with Crippen LogP contribution in [-0.4, -0.2) is 36.5 Å². The van der Waals surface area contributed by atoms with Crippen LogP contribution >= 0.6 is 0 Å². The van der Waals surface area contributed by atoms with Gasteiger partial charge in [0.1, 0.15) is 12.4 Å². The van der Waals surface area contributed by atoms with Crippen molar-refractivity contribution >= 4 is 17.6 Å². The summed E-state index contributed by atoms with van der Waals surface area (Å²) >= 11 is 0. The van der Waals surface area contributed by atoms with Crippen molar-refractivity contribution in [1.29, 1.82) is 0 Å². The molecule has 6 heteroatoms. The Morgan fingerprint density at radius 1 is 1.35 bits per heavy atom. The molecule has 0 saturated heterocycles. The van der Waals surface area contributed by atoms with Gasteiger partial charge in [0.05, 0.1) is 6.54 Å². The molecular formula is C17H25N3O3. The largest absolute Gasteiger partial charge is 0.491 e. The molecule has 1 aromatic rings. The van der Waals surface area contributed by atoms with Crippen molar-refractivity contribution in [2.24, 2.45) is 5.92 Å². The highest BCUT2D eigenvalue weighted by molar-refractivity contribution is 5.89. The maximum Gasteiger partial charge on any atom is 0.319 e. The first-order valence-electron chi connectivity index (χ1n) is 8.08. The Kier molecular flexibility index (Phi) is 5.84. The summed E-state index contributed by atoms with van der Waals surface area (Å²) < 4.78 is 5.72. The monoisotopic (exact) mass is 319 g/mol. The molecule has 2 N–H and O–H groups in total. The lowest BCUT2D eigenvalue weighted by molar-refractivity contribution is -0.132. The number of hydrogen-bond donors (Lipinski definition) is 2. The van der Waals surface area contributed by atoms with E-state index >= 15 is 0 Å². The van der Waals surface area contributed by atoms with E-state index in [1.54, 1.807) is 6.07 Å². The van der Waals surface area contributed by atoms with Gasteiger partial charge in [-0.1, -0.05) is 13.8 Å². The fourth-order valence-corrected chi connectivity index (χ4v) is 2.50. The number of ether oxygens (including phenoxy) is 1. The van der Waals surface area contributed by atoms with Gasteiger partial charge in [0.15, 0.2) is 0 Å². The summed E-state index contributed by atoms with van der Waals surface area (Å²) in [6.45, 7) is 8.08. The van der Waals surface area contributed by atoms with E-state index in [0.717, 1.165) is 11.3 Å². The Bertz CT molecular complexity index is 572. The Labute approximate surface area is 137 Å². The Morgan fingerprint density at radius 2 is 2.13 bits per heavy atom. The van der Waals surface area contributed by atoms with Crippen molar-refractivity contribution in [2.75, 3.05) is 25.0 Å². The second-order valence-electron chi connectivity index (χ2n) is 6.07. The van der Waals surface area contributed by atoms with Crippen molar-refractivity contribution < 1.29 is 14.3 Å². The summed E-state index contributed by atoms with van der Waals surface area (Å²) in [6.07, 6.45) is 0.534. The molecule has 0 aromatic heterocycles.